The Morgan fingerprint density at radius 1 is 0.870 bits per heavy atom. The number of amides is 1. The summed E-state index contributed by atoms with van der Waals surface area (Å²) in [5, 5.41) is 0. The lowest BCUT2D eigenvalue weighted by atomic mass is 10.2. The van der Waals surface area contributed by atoms with Crippen LogP contribution in [0.15, 0.2) is 0 Å². The number of rotatable bonds is 13. The smallest absolute Gasteiger partial charge is 0.410 e. The summed E-state index contributed by atoms with van der Waals surface area (Å²) in [7, 11) is 1.73. The maximum atomic E-state index is 11.7. The van der Waals surface area contributed by atoms with E-state index in [0.29, 0.717) is 39.6 Å². The predicted molar refractivity (Wildman–Crippen MR) is 90.8 cm³/mol. The molecule has 0 N–H and O–H groups in total. The molecule has 0 fully saturated rings. The highest BCUT2D eigenvalue weighted by atomic mass is 16.6. The fourth-order valence-electron chi connectivity index (χ4n) is 1.62. The lowest BCUT2D eigenvalue weighted by Gasteiger charge is -2.24. The van der Waals surface area contributed by atoms with Gasteiger partial charge in [-0.05, 0) is 33.6 Å². The first-order chi connectivity index (χ1) is 10.9. The van der Waals surface area contributed by atoms with E-state index in [1.165, 1.54) is 0 Å². The minimum atomic E-state index is -0.459. The van der Waals surface area contributed by atoms with Crippen molar-refractivity contribution >= 4 is 6.09 Å². The molecule has 6 heteroatoms. The van der Waals surface area contributed by atoms with Gasteiger partial charge in [-0.25, -0.2) is 4.79 Å². The van der Waals surface area contributed by atoms with E-state index in [-0.39, 0.29) is 6.09 Å². The third-order valence-corrected chi connectivity index (χ3v) is 2.87. The fraction of sp³-hybridized carbons (Fsp3) is 0.941. The molecule has 0 heterocycles. The van der Waals surface area contributed by atoms with Crippen molar-refractivity contribution in [2.24, 2.45) is 0 Å². The van der Waals surface area contributed by atoms with Gasteiger partial charge in [-0.3, -0.25) is 0 Å². The van der Waals surface area contributed by atoms with Crippen LogP contribution in [0.1, 0.15) is 47.0 Å². The number of unbranched alkanes of at least 4 members (excludes halogenated alkanes) is 1. The van der Waals surface area contributed by atoms with Gasteiger partial charge in [-0.2, -0.15) is 0 Å². The molecule has 0 unspecified atom stereocenters. The summed E-state index contributed by atoms with van der Waals surface area (Å²) < 4.78 is 21.5. The second-order valence-electron chi connectivity index (χ2n) is 6.45. The first-order valence-electron chi connectivity index (χ1n) is 8.54. The van der Waals surface area contributed by atoms with E-state index in [1.807, 2.05) is 20.8 Å². The van der Waals surface area contributed by atoms with Crippen molar-refractivity contribution in [2.45, 2.75) is 52.6 Å². The Balaban J connectivity index is 3.34. The van der Waals surface area contributed by atoms with Crippen molar-refractivity contribution in [2.75, 3.05) is 53.2 Å². The van der Waals surface area contributed by atoms with E-state index >= 15 is 0 Å². The molecule has 0 aliphatic carbocycles. The molecular weight excluding hydrogens is 298 g/mol. The molecule has 0 aromatic heterocycles. The molecular formula is C17H35NO5. The molecule has 0 radical (unpaired) electrons. The molecule has 0 aliphatic rings. The number of nitrogens with zero attached hydrogens (tertiary/aromatic N) is 1. The predicted octanol–water partition coefficient (Wildman–Crippen LogP) is 3.09. The van der Waals surface area contributed by atoms with Crippen molar-refractivity contribution in [1.82, 2.24) is 4.90 Å². The van der Waals surface area contributed by atoms with Gasteiger partial charge < -0.3 is 23.8 Å². The van der Waals surface area contributed by atoms with Gasteiger partial charge in [0.05, 0.1) is 26.4 Å². The van der Waals surface area contributed by atoms with Crippen LogP contribution in [-0.4, -0.2) is 69.8 Å². The number of hydrogen-bond donors (Lipinski definition) is 0. The summed E-state index contributed by atoms with van der Waals surface area (Å²) in [4.78, 5) is 13.3. The first kappa shape index (κ1) is 22.1. The zero-order valence-electron chi connectivity index (χ0n) is 15.6. The lowest BCUT2D eigenvalue weighted by molar-refractivity contribution is 0.0107. The van der Waals surface area contributed by atoms with E-state index < -0.39 is 5.60 Å². The van der Waals surface area contributed by atoms with Crippen LogP contribution in [0.25, 0.3) is 0 Å². The van der Waals surface area contributed by atoms with Crippen LogP contribution in [-0.2, 0) is 18.9 Å². The topological polar surface area (TPSA) is 57.2 Å². The third-order valence-electron chi connectivity index (χ3n) is 2.87. The van der Waals surface area contributed by atoms with Gasteiger partial charge in [0, 0.05) is 26.8 Å². The highest BCUT2D eigenvalue weighted by molar-refractivity contribution is 5.67. The Bertz CT molecular complexity index is 291. The third kappa shape index (κ3) is 15.8. The van der Waals surface area contributed by atoms with Gasteiger partial charge in [0.2, 0.25) is 0 Å². The van der Waals surface area contributed by atoms with Gasteiger partial charge >= 0.3 is 6.09 Å². The molecule has 0 aromatic rings. The Morgan fingerprint density at radius 2 is 1.35 bits per heavy atom. The molecule has 0 saturated carbocycles. The van der Waals surface area contributed by atoms with Gasteiger partial charge in [0.1, 0.15) is 5.60 Å². The van der Waals surface area contributed by atoms with E-state index in [4.69, 9.17) is 18.9 Å². The van der Waals surface area contributed by atoms with Crippen molar-refractivity contribution in [3.05, 3.63) is 0 Å². The first-order valence-corrected chi connectivity index (χ1v) is 8.54. The molecule has 6 nitrogen and oxygen atoms in total. The molecule has 138 valence electrons. The second kappa shape index (κ2) is 13.6. The molecule has 0 aliphatic heterocycles. The van der Waals surface area contributed by atoms with Crippen molar-refractivity contribution in [3.8, 4) is 0 Å². The Labute approximate surface area is 141 Å². The molecule has 0 rings (SSSR count). The van der Waals surface area contributed by atoms with Crippen LogP contribution in [0.5, 0.6) is 0 Å². The molecule has 0 saturated heterocycles. The average molecular weight is 333 g/mol. The van der Waals surface area contributed by atoms with E-state index in [1.54, 1.807) is 11.9 Å². The summed E-state index contributed by atoms with van der Waals surface area (Å²) in [6.45, 7) is 12.1. The molecule has 1 amide bonds. The Hall–Kier alpha value is -0.850. The fourth-order valence-corrected chi connectivity index (χ4v) is 1.62. The maximum absolute atomic E-state index is 11.7. The van der Waals surface area contributed by atoms with Crippen molar-refractivity contribution in [3.63, 3.8) is 0 Å². The quantitative estimate of drug-likeness (QED) is 0.485. The monoisotopic (exact) mass is 333 g/mol. The van der Waals surface area contributed by atoms with Crippen LogP contribution < -0.4 is 0 Å². The molecule has 0 atom stereocenters. The molecule has 23 heavy (non-hydrogen) atoms. The van der Waals surface area contributed by atoms with Crippen LogP contribution in [0.4, 0.5) is 4.79 Å². The maximum Gasteiger partial charge on any atom is 0.410 e. The standard InChI is InChI=1S/C17H35NO5/c1-6-7-10-20-12-14-22-15-13-21-11-8-9-18(5)16(19)23-17(2,3)4/h6-15H2,1-5H3. The van der Waals surface area contributed by atoms with Gasteiger partial charge in [-0.15, -0.1) is 0 Å². The summed E-state index contributed by atoms with van der Waals surface area (Å²) in [6.07, 6.45) is 2.72. The lowest BCUT2D eigenvalue weighted by Crippen LogP contribution is -2.35. The minimum absolute atomic E-state index is 0.302. The zero-order chi connectivity index (χ0) is 17.6. The van der Waals surface area contributed by atoms with Crippen LogP contribution >= 0.6 is 0 Å². The Morgan fingerprint density at radius 3 is 1.83 bits per heavy atom. The van der Waals surface area contributed by atoms with E-state index in [9.17, 15) is 4.79 Å². The SMILES string of the molecule is CCCCOCCOCCOCCCN(C)C(=O)OC(C)(C)C. The number of carbonyl (C=O) groups excluding carboxylic acids is 1. The summed E-state index contributed by atoms with van der Waals surface area (Å²) in [5.74, 6) is 0. The van der Waals surface area contributed by atoms with Gasteiger partial charge in [0.15, 0.2) is 0 Å². The average Bonchev–Trinajstić information content (AvgIpc) is 2.46. The number of carbonyl (C=O) groups is 1. The van der Waals surface area contributed by atoms with E-state index in [0.717, 1.165) is 25.9 Å². The van der Waals surface area contributed by atoms with Crippen molar-refractivity contribution in [1.29, 1.82) is 0 Å². The van der Waals surface area contributed by atoms with Crippen LogP contribution in [0.2, 0.25) is 0 Å². The van der Waals surface area contributed by atoms with Gasteiger partial charge in [-0.1, -0.05) is 13.3 Å². The number of ether oxygens (including phenoxy) is 4. The van der Waals surface area contributed by atoms with Gasteiger partial charge in [0.25, 0.3) is 0 Å². The molecule has 0 aromatic carbocycles. The molecule has 0 spiro atoms. The second-order valence-corrected chi connectivity index (χ2v) is 6.45. The van der Waals surface area contributed by atoms with Crippen molar-refractivity contribution < 1.29 is 23.7 Å². The summed E-state index contributed by atoms with van der Waals surface area (Å²) in [5.41, 5.74) is -0.459. The highest BCUT2D eigenvalue weighted by Gasteiger charge is 2.18. The normalized spacial score (nSPS) is 11.5. The highest BCUT2D eigenvalue weighted by Crippen LogP contribution is 2.09. The summed E-state index contributed by atoms with van der Waals surface area (Å²) in [6, 6.07) is 0. The summed E-state index contributed by atoms with van der Waals surface area (Å²) >= 11 is 0. The van der Waals surface area contributed by atoms with Crippen LogP contribution in [0.3, 0.4) is 0 Å². The van der Waals surface area contributed by atoms with E-state index in [2.05, 4.69) is 6.92 Å². The minimum Gasteiger partial charge on any atom is -0.444 e. The van der Waals surface area contributed by atoms with Crippen LogP contribution in [0, 0.1) is 0 Å². The number of hydrogen-bond acceptors (Lipinski definition) is 5. The largest absolute Gasteiger partial charge is 0.444 e. The Kier molecular flexibility index (Phi) is 13.1. The molecule has 0 bridgehead atoms. The zero-order valence-corrected chi connectivity index (χ0v) is 15.6.